The number of nitrogens with zero attached hydrogens (tertiary/aromatic N) is 2. The highest BCUT2D eigenvalue weighted by molar-refractivity contribution is 7.15. The van der Waals surface area contributed by atoms with Crippen LogP contribution >= 0.6 is 11.3 Å². The predicted molar refractivity (Wildman–Crippen MR) is 98.0 cm³/mol. The van der Waals surface area contributed by atoms with Gasteiger partial charge in [-0.1, -0.05) is 37.3 Å². The monoisotopic (exact) mass is 340 g/mol. The first-order valence-corrected chi connectivity index (χ1v) is 9.85. The highest BCUT2D eigenvalue weighted by Crippen LogP contribution is 2.35. The molecule has 1 atom stereocenters. The van der Waals surface area contributed by atoms with Gasteiger partial charge in [0, 0.05) is 29.4 Å². The maximum Gasteiger partial charge on any atom is 0.226 e. The van der Waals surface area contributed by atoms with Crippen molar-refractivity contribution in [2.75, 3.05) is 13.1 Å². The summed E-state index contributed by atoms with van der Waals surface area (Å²) in [5.74, 6) is 1.30. The Morgan fingerprint density at radius 1 is 1.17 bits per heavy atom. The molecule has 1 unspecified atom stereocenters. The van der Waals surface area contributed by atoms with Crippen LogP contribution in [0, 0.1) is 11.8 Å². The van der Waals surface area contributed by atoms with Crippen molar-refractivity contribution in [1.29, 1.82) is 0 Å². The Balaban J connectivity index is 1.48. The average molecular weight is 340 g/mol. The maximum absolute atomic E-state index is 12.9. The molecule has 1 saturated heterocycles. The fraction of sp³-hybridized carbons (Fsp3) is 0.500. The molecule has 4 rings (SSSR count). The van der Waals surface area contributed by atoms with E-state index in [0.29, 0.717) is 5.91 Å². The van der Waals surface area contributed by atoms with Crippen molar-refractivity contribution in [1.82, 2.24) is 9.88 Å². The summed E-state index contributed by atoms with van der Waals surface area (Å²) in [7, 11) is 0. The Labute approximate surface area is 147 Å². The van der Waals surface area contributed by atoms with Crippen LogP contribution in [0.1, 0.15) is 36.8 Å². The Morgan fingerprint density at radius 3 is 2.67 bits per heavy atom. The molecule has 1 fully saturated rings. The summed E-state index contributed by atoms with van der Waals surface area (Å²) in [4.78, 5) is 21.1. The number of piperidine rings is 1. The van der Waals surface area contributed by atoms with E-state index in [0.717, 1.165) is 56.1 Å². The van der Waals surface area contributed by atoms with Gasteiger partial charge in [-0.05, 0) is 38.0 Å². The smallest absolute Gasteiger partial charge is 0.226 e. The lowest BCUT2D eigenvalue weighted by atomic mass is 9.89. The van der Waals surface area contributed by atoms with Gasteiger partial charge in [0.15, 0.2) is 0 Å². The van der Waals surface area contributed by atoms with Crippen LogP contribution in [0.2, 0.25) is 0 Å². The molecule has 0 radical (unpaired) electrons. The van der Waals surface area contributed by atoms with Crippen molar-refractivity contribution in [3.8, 4) is 10.6 Å². The van der Waals surface area contributed by atoms with Gasteiger partial charge in [-0.2, -0.15) is 0 Å². The summed E-state index contributed by atoms with van der Waals surface area (Å²) >= 11 is 1.77. The van der Waals surface area contributed by atoms with Gasteiger partial charge in [0.1, 0.15) is 5.01 Å². The Kier molecular flexibility index (Phi) is 4.40. The average Bonchev–Trinajstić information content (AvgIpc) is 3.06. The van der Waals surface area contributed by atoms with Crippen molar-refractivity contribution in [2.45, 2.75) is 39.0 Å². The first-order valence-electron chi connectivity index (χ1n) is 9.03. The molecule has 1 aromatic carbocycles. The first kappa shape index (κ1) is 15.8. The van der Waals surface area contributed by atoms with Crippen LogP contribution in [-0.2, 0) is 17.6 Å². The molecule has 2 aromatic rings. The number of carbonyl (C=O) groups excluding carboxylic acids is 1. The van der Waals surface area contributed by atoms with Gasteiger partial charge in [0.05, 0.1) is 5.69 Å². The van der Waals surface area contributed by atoms with Crippen LogP contribution in [0.5, 0.6) is 0 Å². The Hall–Kier alpha value is -1.68. The molecule has 1 amide bonds. The molecule has 2 aliphatic rings. The van der Waals surface area contributed by atoms with Gasteiger partial charge in [0.2, 0.25) is 5.91 Å². The predicted octanol–water partition coefficient (Wildman–Crippen LogP) is 4.17. The number of hydrogen-bond donors (Lipinski definition) is 0. The van der Waals surface area contributed by atoms with Crippen LogP contribution in [0.3, 0.4) is 0 Å². The normalized spacial score (nSPS) is 21.5. The van der Waals surface area contributed by atoms with Gasteiger partial charge in [0.25, 0.3) is 0 Å². The molecule has 4 heteroatoms. The lowest BCUT2D eigenvalue weighted by Gasteiger charge is -2.34. The molecule has 0 spiro atoms. The summed E-state index contributed by atoms with van der Waals surface area (Å²) in [5, 5.41) is 1.10. The second kappa shape index (κ2) is 6.67. The lowest BCUT2D eigenvalue weighted by Crippen LogP contribution is -2.42. The molecule has 1 aliphatic carbocycles. The van der Waals surface area contributed by atoms with Gasteiger partial charge >= 0.3 is 0 Å². The Morgan fingerprint density at radius 2 is 1.92 bits per heavy atom. The molecule has 3 nitrogen and oxygen atoms in total. The molecule has 24 heavy (non-hydrogen) atoms. The molecule has 2 heterocycles. The highest BCUT2D eigenvalue weighted by Gasteiger charge is 2.31. The van der Waals surface area contributed by atoms with Gasteiger partial charge in [-0.25, -0.2) is 4.98 Å². The second-order valence-corrected chi connectivity index (χ2v) is 8.29. The number of hydrogen-bond acceptors (Lipinski definition) is 3. The highest BCUT2D eigenvalue weighted by atomic mass is 32.1. The summed E-state index contributed by atoms with van der Waals surface area (Å²) in [6, 6.07) is 10.4. The fourth-order valence-corrected chi connectivity index (χ4v) is 4.97. The first-order chi connectivity index (χ1) is 11.7. The van der Waals surface area contributed by atoms with E-state index in [1.54, 1.807) is 11.3 Å². The molecular weight excluding hydrogens is 316 g/mol. The van der Waals surface area contributed by atoms with Gasteiger partial charge < -0.3 is 4.90 Å². The zero-order valence-corrected chi connectivity index (χ0v) is 15.0. The Bertz CT molecular complexity index is 716. The molecule has 1 aromatic heterocycles. The van der Waals surface area contributed by atoms with Crippen LogP contribution < -0.4 is 0 Å². The summed E-state index contributed by atoms with van der Waals surface area (Å²) in [6.45, 7) is 4.18. The molecule has 0 saturated carbocycles. The maximum atomic E-state index is 12.9. The summed E-state index contributed by atoms with van der Waals surface area (Å²) in [5.41, 5.74) is 2.40. The number of thiazole rings is 1. The second-order valence-electron chi connectivity index (χ2n) is 7.20. The number of rotatable bonds is 2. The molecule has 0 bridgehead atoms. The number of benzene rings is 1. The van der Waals surface area contributed by atoms with Crippen molar-refractivity contribution >= 4 is 17.2 Å². The zero-order chi connectivity index (χ0) is 16.5. The third kappa shape index (κ3) is 3.12. The lowest BCUT2D eigenvalue weighted by molar-refractivity contribution is -0.137. The van der Waals surface area contributed by atoms with Crippen molar-refractivity contribution < 1.29 is 4.79 Å². The van der Waals surface area contributed by atoms with Crippen molar-refractivity contribution in [3.05, 3.63) is 40.9 Å². The summed E-state index contributed by atoms with van der Waals surface area (Å²) in [6.07, 6.45) is 5.09. The van der Waals surface area contributed by atoms with E-state index < -0.39 is 0 Å². The van der Waals surface area contributed by atoms with Crippen LogP contribution in [0.15, 0.2) is 30.3 Å². The quantitative estimate of drug-likeness (QED) is 0.822. The van der Waals surface area contributed by atoms with E-state index >= 15 is 0 Å². The SMILES string of the molecule is CC1CCN(C(=O)C2CCc3nc(-c4ccccc4)sc3C2)CC1. The van der Waals surface area contributed by atoms with Crippen LogP contribution in [0.4, 0.5) is 0 Å². The molecule has 126 valence electrons. The number of aromatic nitrogens is 1. The van der Waals surface area contributed by atoms with E-state index in [-0.39, 0.29) is 5.92 Å². The largest absolute Gasteiger partial charge is 0.342 e. The van der Waals surface area contributed by atoms with Crippen LogP contribution in [-0.4, -0.2) is 28.9 Å². The minimum Gasteiger partial charge on any atom is -0.342 e. The van der Waals surface area contributed by atoms with E-state index in [9.17, 15) is 4.79 Å². The topological polar surface area (TPSA) is 33.2 Å². The minimum atomic E-state index is 0.162. The number of fused-ring (bicyclic) bond motifs is 1. The minimum absolute atomic E-state index is 0.162. The van der Waals surface area contributed by atoms with Gasteiger partial charge in [-0.15, -0.1) is 11.3 Å². The van der Waals surface area contributed by atoms with E-state index in [2.05, 4.69) is 36.1 Å². The van der Waals surface area contributed by atoms with Gasteiger partial charge in [-0.3, -0.25) is 4.79 Å². The third-order valence-electron chi connectivity index (χ3n) is 5.40. The van der Waals surface area contributed by atoms with Crippen molar-refractivity contribution in [2.24, 2.45) is 11.8 Å². The standard InChI is InChI=1S/C20H24N2OS/c1-14-9-11-22(12-10-14)20(23)16-7-8-17-18(13-16)24-19(21-17)15-5-3-2-4-6-15/h2-6,14,16H,7-13H2,1H3. The van der Waals surface area contributed by atoms with E-state index in [1.807, 2.05) is 6.07 Å². The van der Waals surface area contributed by atoms with E-state index in [4.69, 9.17) is 4.98 Å². The zero-order valence-electron chi connectivity index (χ0n) is 14.2. The summed E-state index contributed by atoms with van der Waals surface area (Å²) < 4.78 is 0. The molecule has 0 N–H and O–H groups in total. The third-order valence-corrected chi connectivity index (χ3v) is 6.57. The number of aryl methyl sites for hydroxylation is 1. The number of likely N-dealkylation sites (tertiary alicyclic amines) is 1. The van der Waals surface area contributed by atoms with Crippen molar-refractivity contribution in [3.63, 3.8) is 0 Å². The fourth-order valence-electron chi connectivity index (χ4n) is 3.78. The number of amides is 1. The van der Waals surface area contributed by atoms with E-state index in [1.165, 1.54) is 16.1 Å². The molecule has 1 aliphatic heterocycles. The van der Waals surface area contributed by atoms with Crippen LogP contribution in [0.25, 0.3) is 10.6 Å². The number of carbonyl (C=O) groups is 1. The molecular formula is C20H24N2OS.